The summed E-state index contributed by atoms with van der Waals surface area (Å²) in [5.41, 5.74) is 0.183. The first-order valence-electron chi connectivity index (χ1n) is 8.07. The molecule has 2 amide bonds. The van der Waals surface area contributed by atoms with Gasteiger partial charge in [-0.3, -0.25) is 0 Å². The zero-order valence-electron chi connectivity index (χ0n) is 13.8. The number of halogens is 4. The van der Waals surface area contributed by atoms with Crippen molar-refractivity contribution in [2.45, 2.75) is 6.18 Å². The molecule has 0 aromatic heterocycles. The Kier molecular flexibility index (Phi) is 5.27. The Morgan fingerprint density at radius 2 is 1.65 bits per heavy atom. The van der Waals surface area contributed by atoms with Crippen molar-refractivity contribution < 1.29 is 18.0 Å². The smallest absolute Gasteiger partial charge is 0.368 e. The van der Waals surface area contributed by atoms with Crippen LogP contribution in [0.1, 0.15) is 5.56 Å². The third-order valence-corrected chi connectivity index (χ3v) is 4.54. The van der Waals surface area contributed by atoms with Gasteiger partial charge in [0.2, 0.25) is 0 Å². The summed E-state index contributed by atoms with van der Waals surface area (Å²) in [6.07, 6.45) is -4.57. The van der Waals surface area contributed by atoms with E-state index < -0.39 is 22.8 Å². The topological polar surface area (TPSA) is 35.6 Å². The number of rotatable bonds is 2. The number of carbonyl (C=O) groups is 1. The minimum Gasteiger partial charge on any atom is -0.368 e. The van der Waals surface area contributed by atoms with E-state index in [0.29, 0.717) is 26.2 Å². The number of nitrogens with zero attached hydrogens (tertiary/aromatic N) is 2. The van der Waals surface area contributed by atoms with Crippen molar-refractivity contribution in [3.8, 4) is 0 Å². The molecule has 0 bridgehead atoms. The molecule has 8 heteroatoms. The lowest BCUT2D eigenvalue weighted by Gasteiger charge is -2.36. The maximum absolute atomic E-state index is 12.9. The normalized spacial score (nSPS) is 15.1. The van der Waals surface area contributed by atoms with Crippen molar-refractivity contribution in [2.75, 3.05) is 36.4 Å². The molecule has 0 aliphatic carbocycles. The number of alkyl halides is 3. The fourth-order valence-electron chi connectivity index (χ4n) is 2.83. The number of piperazine rings is 1. The van der Waals surface area contributed by atoms with Crippen LogP contribution >= 0.6 is 11.6 Å². The Bertz CT molecular complexity index is 775. The predicted molar refractivity (Wildman–Crippen MR) is 95.7 cm³/mol. The molecule has 1 heterocycles. The highest BCUT2D eigenvalue weighted by molar-refractivity contribution is 6.31. The monoisotopic (exact) mass is 383 g/mol. The van der Waals surface area contributed by atoms with Crippen molar-refractivity contribution >= 4 is 29.0 Å². The number of carbonyl (C=O) groups excluding carboxylic acids is 1. The molecule has 1 fully saturated rings. The van der Waals surface area contributed by atoms with Crippen molar-refractivity contribution in [2.24, 2.45) is 0 Å². The lowest BCUT2D eigenvalue weighted by atomic mass is 10.2. The van der Waals surface area contributed by atoms with Crippen LogP contribution in [0.4, 0.5) is 29.3 Å². The van der Waals surface area contributed by atoms with Crippen molar-refractivity contribution in [3.63, 3.8) is 0 Å². The highest BCUT2D eigenvalue weighted by Crippen LogP contribution is 2.36. The molecule has 1 saturated heterocycles. The number of benzene rings is 2. The van der Waals surface area contributed by atoms with Crippen molar-refractivity contribution in [1.29, 1.82) is 0 Å². The zero-order valence-corrected chi connectivity index (χ0v) is 14.5. The summed E-state index contributed by atoms with van der Waals surface area (Å²) in [5.74, 6) is 0. The first-order valence-corrected chi connectivity index (χ1v) is 8.45. The molecule has 1 aliphatic heterocycles. The maximum Gasteiger partial charge on any atom is 0.417 e. The summed E-state index contributed by atoms with van der Waals surface area (Å²) in [7, 11) is 0. The van der Waals surface area contributed by atoms with Crippen molar-refractivity contribution in [1.82, 2.24) is 4.90 Å². The molecule has 0 saturated carbocycles. The molecule has 0 unspecified atom stereocenters. The van der Waals surface area contributed by atoms with Crippen molar-refractivity contribution in [3.05, 3.63) is 59.1 Å². The molecule has 0 spiro atoms. The molecule has 4 nitrogen and oxygen atoms in total. The van der Waals surface area contributed by atoms with Gasteiger partial charge in [0.25, 0.3) is 0 Å². The van der Waals surface area contributed by atoms with Gasteiger partial charge in [-0.1, -0.05) is 29.8 Å². The van der Waals surface area contributed by atoms with Crippen LogP contribution in [0.2, 0.25) is 5.02 Å². The van der Waals surface area contributed by atoms with E-state index in [-0.39, 0.29) is 5.69 Å². The van der Waals surface area contributed by atoms with Crippen LogP contribution in [0.3, 0.4) is 0 Å². The Labute approximate surface area is 154 Å². The number of hydrogen-bond acceptors (Lipinski definition) is 2. The summed E-state index contributed by atoms with van der Waals surface area (Å²) in [6, 6.07) is 12.8. The van der Waals surface area contributed by atoms with E-state index in [4.69, 9.17) is 11.6 Å². The van der Waals surface area contributed by atoms with Crippen LogP contribution < -0.4 is 10.2 Å². The number of para-hydroxylation sites is 1. The molecule has 1 N–H and O–H groups in total. The summed E-state index contributed by atoms with van der Waals surface area (Å²) < 4.78 is 38.7. The lowest BCUT2D eigenvalue weighted by Crippen LogP contribution is -2.50. The summed E-state index contributed by atoms with van der Waals surface area (Å²) >= 11 is 5.59. The standard InChI is InChI=1S/C18H17ClF3N3O/c19-16-7-6-13(12-15(16)18(20,21)22)23-17(26)25-10-8-24(9-11-25)14-4-2-1-3-5-14/h1-7,12H,8-11H2,(H,23,26). The highest BCUT2D eigenvalue weighted by Gasteiger charge is 2.33. The Morgan fingerprint density at radius 1 is 1.00 bits per heavy atom. The highest BCUT2D eigenvalue weighted by atomic mass is 35.5. The summed E-state index contributed by atoms with van der Waals surface area (Å²) in [6.45, 7) is 2.29. The van der Waals surface area contributed by atoms with Gasteiger partial charge in [0, 0.05) is 37.6 Å². The van der Waals surface area contributed by atoms with Gasteiger partial charge in [0.05, 0.1) is 10.6 Å². The largest absolute Gasteiger partial charge is 0.417 e. The molecule has 0 radical (unpaired) electrons. The minimum atomic E-state index is -4.57. The molecule has 2 aromatic carbocycles. The van der Waals surface area contributed by atoms with Gasteiger partial charge in [-0.15, -0.1) is 0 Å². The zero-order chi connectivity index (χ0) is 18.7. The molecule has 2 aromatic rings. The molecule has 138 valence electrons. The van der Waals surface area contributed by atoms with Gasteiger partial charge in [0.1, 0.15) is 0 Å². The fraction of sp³-hybridized carbons (Fsp3) is 0.278. The van der Waals surface area contributed by atoms with Gasteiger partial charge in [-0.05, 0) is 30.3 Å². The van der Waals surface area contributed by atoms with Crippen LogP contribution in [-0.4, -0.2) is 37.1 Å². The quantitative estimate of drug-likeness (QED) is 0.815. The second kappa shape index (κ2) is 7.45. The first kappa shape index (κ1) is 18.4. The van der Waals surface area contributed by atoms with Gasteiger partial charge < -0.3 is 15.1 Å². The maximum atomic E-state index is 12.9. The van der Waals surface area contributed by atoms with E-state index in [0.717, 1.165) is 17.8 Å². The van der Waals surface area contributed by atoms with Crippen LogP contribution in [0.5, 0.6) is 0 Å². The third-order valence-electron chi connectivity index (χ3n) is 4.21. The van der Waals surface area contributed by atoms with Gasteiger partial charge in [-0.25, -0.2) is 4.79 Å². The third kappa shape index (κ3) is 4.22. The average molecular weight is 384 g/mol. The van der Waals surface area contributed by atoms with E-state index in [9.17, 15) is 18.0 Å². The molecule has 0 atom stereocenters. The Hall–Kier alpha value is -2.41. The molecular weight excluding hydrogens is 367 g/mol. The number of anilines is 2. The van der Waals surface area contributed by atoms with E-state index in [1.165, 1.54) is 6.07 Å². The first-order chi connectivity index (χ1) is 12.3. The fourth-order valence-corrected chi connectivity index (χ4v) is 3.05. The van der Waals surface area contributed by atoms with E-state index in [1.54, 1.807) is 4.90 Å². The number of nitrogens with one attached hydrogen (secondary N) is 1. The molecule has 3 rings (SSSR count). The minimum absolute atomic E-state index is 0.0669. The van der Waals surface area contributed by atoms with Crippen LogP contribution in [-0.2, 0) is 6.18 Å². The van der Waals surface area contributed by atoms with E-state index in [1.807, 2.05) is 30.3 Å². The number of amides is 2. The second-order valence-corrected chi connectivity index (χ2v) is 6.34. The van der Waals surface area contributed by atoms with Gasteiger partial charge in [0.15, 0.2) is 0 Å². The average Bonchev–Trinajstić information content (AvgIpc) is 2.63. The molecule has 1 aliphatic rings. The van der Waals surface area contributed by atoms with Crippen LogP contribution in [0, 0.1) is 0 Å². The van der Waals surface area contributed by atoms with Gasteiger partial charge in [-0.2, -0.15) is 13.2 Å². The Balaban J connectivity index is 1.61. The van der Waals surface area contributed by atoms with E-state index in [2.05, 4.69) is 10.2 Å². The summed E-state index contributed by atoms with van der Waals surface area (Å²) in [5, 5.41) is 2.12. The molecule has 26 heavy (non-hydrogen) atoms. The molecular formula is C18H17ClF3N3O. The van der Waals surface area contributed by atoms with E-state index >= 15 is 0 Å². The number of urea groups is 1. The van der Waals surface area contributed by atoms with Gasteiger partial charge >= 0.3 is 12.2 Å². The predicted octanol–water partition coefficient (Wildman–Crippen LogP) is 4.71. The number of hydrogen-bond donors (Lipinski definition) is 1. The summed E-state index contributed by atoms with van der Waals surface area (Å²) in [4.78, 5) is 16.1. The second-order valence-electron chi connectivity index (χ2n) is 5.93. The van der Waals surface area contributed by atoms with Crippen LogP contribution in [0.25, 0.3) is 0 Å². The SMILES string of the molecule is O=C(Nc1ccc(Cl)c(C(F)(F)F)c1)N1CCN(c2ccccc2)CC1. The lowest BCUT2D eigenvalue weighted by molar-refractivity contribution is -0.137. The Morgan fingerprint density at radius 3 is 2.27 bits per heavy atom. The van der Waals surface area contributed by atoms with Crippen LogP contribution in [0.15, 0.2) is 48.5 Å².